The molecular weight excluding hydrogens is 686 g/mol. The molecule has 0 spiro atoms. The number of ether oxygens (including phenoxy) is 4. The zero-order valence-corrected chi connectivity index (χ0v) is 29.9. The molecule has 0 bridgehead atoms. The van der Waals surface area contributed by atoms with Crippen LogP contribution in [-0.2, 0) is 38.7 Å². The van der Waals surface area contributed by atoms with Crippen molar-refractivity contribution in [2.24, 2.45) is 5.92 Å². The maximum Gasteiger partial charge on any atom is 0.408 e. The Hall–Kier alpha value is -4.93. The number of hydrogen-bond donors (Lipinski definition) is 3. The lowest BCUT2D eigenvalue weighted by Gasteiger charge is -2.30. The number of likely N-dealkylation sites (tertiary alicyclic amines) is 1. The summed E-state index contributed by atoms with van der Waals surface area (Å²) < 4.78 is 49.0. The van der Waals surface area contributed by atoms with E-state index in [4.69, 9.17) is 18.9 Å². The molecule has 3 N–H and O–H groups in total. The van der Waals surface area contributed by atoms with Gasteiger partial charge in [-0.2, -0.15) is 0 Å². The van der Waals surface area contributed by atoms with Crippen LogP contribution in [0.4, 0.5) is 4.79 Å². The average Bonchev–Trinajstić information content (AvgIpc) is 3.99. The molecule has 2 aliphatic carbocycles. The molecule has 3 aliphatic rings. The van der Waals surface area contributed by atoms with Crippen molar-refractivity contribution in [3.05, 3.63) is 43.1 Å². The van der Waals surface area contributed by atoms with Crippen molar-refractivity contribution in [3.8, 4) is 11.6 Å². The quantitative estimate of drug-likeness (QED) is 0.199. The van der Waals surface area contributed by atoms with E-state index in [1.54, 1.807) is 52.1 Å². The van der Waals surface area contributed by atoms with Gasteiger partial charge in [-0.1, -0.05) is 6.08 Å². The van der Waals surface area contributed by atoms with Crippen LogP contribution in [0.25, 0.3) is 10.8 Å². The number of alkyl carbamates (subject to hydrolysis) is 1. The van der Waals surface area contributed by atoms with E-state index in [0.717, 1.165) is 17.4 Å². The second kappa shape index (κ2) is 14.4. The van der Waals surface area contributed by atoms with Crippen molar-refractivity contribution in [1.82, 2.24) is 25.2 Å². The van der Waals surface area contributed by atoms with Crippen LogP contribution in [0.15, 0.2) is 43.1 Å². The van der Waals surface area contributed by atoms with Crippen molar-refractivity contribution in [2.45, 2.75) is 87.5 Å². The van der Waals surface area contributed by atoms with E-state index in [-0.39, 0.29) is 25.3 Å². The van der Waals surface area contributed by atoms with Crippen molar-refractivity contribution in [1.29, 1.82) is 0 Å². The van der Waals surface area contributed by atoms with Gasteiger partial charge in [0.1, 0.15) is 35.1 Å². The van der Waals surface area contributed by atoms with Gasteiger partial charge in [0.15, 0.2) is 0 Å². The molecule has 276 valence electrons. The summed E-state index contributed by atoms with van der Waals surface area (Å²) in [4.78, 5) is 72.4. The third-order valence-corrected chi connectivity index (χ3v) is 10.7. The monoisotopic (exact) mass is 729 g/mol. The highest BCUT2D eigenvalue weighted by Gasteiger charge is 2.62. The number of nitrogens with one attached hydrogen (secondary N) is 3. The molecule has 1 saturated heterocycles. The van der Waals surface area contributed by atoms with Gasteiger partial charge in [-0.05, 0) is 69.7 Å². The molecule has 1 aromatic heterocycles. The fraction of sp³-hybridized carbons (Fsp3) is 0.529. The molecule has 0 radical (unpaired) electrons. The van der Waals surface area contributed by atoms with E-state index in [1.807, 2.05) is 0 Å². The molecule has 5 atom stereocenters. The van der Waals surface area contributed by atoms with Crippen molar-refractivity contribution in [3.63, 3.8) is 0 Å². The maximum absolute atomic E-state index is 14.2. The van der Waals surface area contributed by atoms with E-state index in [0.29, 0.717) is 24.0 Å². The highest BCUT2D eigenvalue weighted by molar-refractivity contribution is 7.91. The average molecular weight is 730 g/mol. The summed E-state index contributed by atoms with van der Waals surface area (Å²) in [6.45, 7) is 8.42. The topological polar surface area (TPSA) is 209 Å². The summed E-state index contributed by atoms with van der Waals surface area (Å²) in [5, 5.41) is 5.84. The van der Waals surface area contributed by atoms with Crippen LogP contribution >= 0.6 is 0 Å². The Morgan fingerprint density at radius 2 is 1.86 bits per heavy atom. The van der Waals surface area contributed by atoms with Crippen LogP contribution in [-0.4, -0.2) is 103 Å². The van der Waals surface area contributed by atoms with Crippen LogP contribution < -0.4 is 24.8 Å². The number of pyridine rings is 1. The molecule has 2 heterocycles. The van der Waals surface area contributed by atoms with Gasteiger partial charge in [0.25, 0.3) is 5.91 Å². The molecule has 4 amide bonds. The standard InChI is InChI=1S/C34H43N5O11S/c1-7-20-17-34(20,31(43)38-51(45,46)23-9-10-23)37-28(41)26-15-22(49-29-24-11-8-21(47-5)14-19(24)12-13-35-29)18-39(26)30(42)25(16-27(40)48-6)36-32(44)50-33(2,3)4/h7-8,11-14,20,22-23,25-26H,1,9-10,15-18H2,2-6H3,(H,36,44)(H,37,41)(H,38,43)/t20-,22+,25-,26+,34-/m0/s1. The molecule has 3 fully saturated rings. The maximum atomic E-state index is 14.2. The van der Waals surface area contributed by atoms with Crippen LogP contribution in [0.1, 0.15) is 52.9 Å². The minimum Gasteiger partial charge on any atom is -0.497 e. The van der Waals surface area contributed by atoms with Crippen LogP contribution in [0.5, 0.6) is 11.6 Å². The van der Waals surface area contributed by atoms with Gasteiger partial charge in [0, 0.05) is 23.9 Å². The highest BCUT2D eigenvalue weighted by atomic mass is 32.2. The fourth-order valence-corrected chi connectivity index (χ4v) is 7.37. The Bertz CT molecular complexity index is 1840. The number of carbonyl (C=O) groups excluding carboxylic acids is 5. The van der Waals surface area contributed by atoms with Crippen molar-refractivity contribution < 1.29 is 51.3 Å². The highest BCUT2D eigenvalue weighted by Crippen LogP contribution is 2.45. The first-order valence-electron chi connectivity index (χ1n) is 16.5. The number of aromatic nitrogens is 1. The Morgan fingerprint density at radius 1 is 1.14 bits per heavy atom. The Balaban J connectivity index is 1.44. The lowest BCUT2D eigenvalue weighted by Crippen LogP contribution is -2.58. The summed E-state index contributed by atoms with van der Waals surface area (Å²) >= 11 is 0. The number of amides is 4. The Labute approximate surface area is 295 Å². The van der Waals surface area contributed by atoms with E-state index >= 15 is 0 Å². The lowest BCUT2D eigenvalue weighted by atomic mass is 10.1. The Morgan fingerprint density at radius 3 is 2.47 bits per heavy atom. The number of fused-ring (bicyclic) bond motifs is 1. The van der Waals surface area contributed by atoms with E-state index in [1.165, 1.54) is 12.3 Å². The summed E-state index contributed by atoms with van der Waals surface area (Å²) in [5.74, 6) is -3.05. The second-order valence-electron chi connectivity index (χ2n) is 13.8. The first-order chi connectivity index (χ1) is 24.0. The SMILES string of the molecule is C=C[C@H]1C[C@@]1(NC(=O)[C@H]1C[C@@H](Oc2nccc3cc(OC)ccc23)CN1C(=O)[C@H](CC(=O)OC)NC(=O)OC(C)(C)C)C(=O)NS(=O)(=O)C1CC1. The van der Waals surface area contributed by atoms with Gasteiger partial charge < -0.3 is 34.5 Å². The number of methoxy groups -OCH3 is 2. The largest absolute Gasteiger partial charge is 0.497 e. The van der Waals surface area contributed by atoms with Gasteiger partial charge >= 0.3 is 12.1 Å². The van der Waals surface area contributed by atoms with Crippen LogP contribution in [0, 0.1) is 5.92 Å². The zero-order chi connectivity index (χ0) is 37.3. The molecule has 2 saturated carbocycles. The smallest absolute Gasteiger partial charge is 0.408 e. The van der Waals surface area contributed by atoms with E-state index < -0.39 is 86.7 Å². The number of carbonyl (C=O) groups is 5. The molecule has 1 aromatic carbocycles. The lowest BCUT2D eigenvalue weighted by molar-refractivity contribution is -0.146. The molecule has 2 aromatic rings. The number of sulfonamides is 1. The Kier molecular flexibility index (Phi) is 10.5. The predicted molar refractivity (Wildman–Crippen MR) is 182 cm³/mol. The van der Waals surface area contributed by atoms with Crippen LogP contribution in [0.2, 0.25) is 0 Å². The summed E-state index contributed by atoms with van der Waals surface area (Å²) in [7, 11) is -1.27. The minimum atomic E-state index is -3.94. The second-order valence-corrected chi connectivity index (χ2v) is 15.8. The third-order valence-electron chi connectivity index (χ3n) is 8.90. The number of hydrogen-bond acceptors (Lipinski definition) is 12. The number of rotatable bonds is 13. The van der Waals surface area contributed by atoms with Crippen molar-refractivity contribution >= 4 is 50.6 Å². The molecule has 1 aliphatic heterocycles. The first-order valence-corrected chi connectivity index (χ1v) is 18.0. The minimum absolute atomic E-state index is 0.0833. The van der Waals surface area contributed by atoms with Gasteiger partial charge in [-0.15, -0.1) is 6.58 Å². The summed E-state index contributed by atoms with van der Waals surface area (Å²) in [6, 6.07) is 4.27. The first kappa shape index (κ1) is 37.3. The van der Waals surface area contributed by atoms with Crippen LogP contribution in [0.3, 0.4) is 0 Å². The summed E-state index contributed by atoms with van der Waals surface area (Å²) in [5.41, 5.74) is -2.55. The molecule has 5 rings (SSSR count). The van der Waals surface area contributed by atoms with E-state index in [9.17, 15) is 32.4 Å². The molecule has 16 nitrogen and oxygen atoms in total. The van der Waals surface area contributed by atoms with E-state index in [2.05, 4.69) is 26.9 Å². The zero-order valence-electron chi connectivity index (χ0n) is 29.1. The number of benzene rings is 1. The molecule has 17 heteroatoms. The molecular formula is C34H43N5O11S. The van der Waals surface area contributed by atoms with Gasteiger partial charge in [0.05, 0.1) is 32.4 Å². The summed E-state index contributed by atoms with van der Waals surface area (Å²) in [6.07, 6.45) is 1.47. The number of nitrogens with zero attached hydrogens (tertiary/aromatic N) is 2. The molecule has 0 unspecified atom stereocenters. The normalized spacial score (nSPS) is 23.4. The van der Waals surface area contributed by atoms with Gasteiger partial charge in [-0.25, -0.2) is 18.2 Å². The fourth-order valence-electron chi connectivity index (χ4n) is 6.00. The third kappa shape index (κ3) is 8.52. The van der Waals surface area contributed by atoms with Crippen molar-refractivity contribution in [2.75, 3.05) is 20.8 Å². The molecule has 51 heavy (non-hydrogen) atoms. The van der Waals surface area contributed by atoms with Gasteiger partial charge in [-0.3, -0.25) is 23.9 Å². The predicted octanol–water partition coefficient (Wildman–Crippen LogP) is 1.72. The number of esters is 1. The van der Waals surface area contributed by atoms with Gasteiger partial charge in [0.2, 0.25) is 27.7 Å².